The third-order valence-electron chi connectivity index (χ3n) is 3.26. The quantitative estimate of drug-likeness (QED) is 0.718. The van der Waals surface area contributed by atoms with Crippen molar-refractivity contribution in [1.82, 2.24) is 5.32 Å². The van der Waals surface area contributed by atoms with E-state index in [-0.39, 0.29) is 24.0 Å². The van der Waals surface area contributed by atoms with Crippen LogP contribution in [0.15, 0.2) is 18.2 Å². The number of para-hydroxylation sites is 1. The zero-order valence-corrected chi connectivity index (χ0v) is 12.6. The predicted molar refractivity (Wildman–Crippen MR) is 79.8 cm³/mol. The fraction of sp³-hybridized carbons (Fsp3) is 0.533. The molecule has 0 aromatic heterocycles. The first-order chi connectivity index (χ1) is 9.31. The van der Waals surface area contributed by atoms with Crippen LogP contribution in [0.1, 0.15) is 37.6 Å². The molecule has 1 aromatic carbocycles. The van der Waals surface area contributed by atoms with E-state index in [1.807, 2.05) is 20.8 Å². The maximum atomic E-state index is 12.4. The summed E-state index contributed by atoms with van der Waals surface area (Å²) in [7, 11) is 1.48. The van der Waals surface area contributed by atoms with Crippen molar-refractivity contribution in [2.24, 2.45) is 5.41 Å². The van der Waals surface area contributed by atoms with Crippen LogP contribution in [0.2, 0.25) is 0 Å². The van der Waals surface area contributed by atoms with E-state index in [1.54, 1.807) is 18.2 Å². The Morgan fingerprint density at radius 3 is 2.60 bits per heavy atom. The molecule has 0 aliphatic carbocycles. The number of aliphatic hydroxyl groups excluding tert-OH is 1. The van der Waals surface area contributed by atoms with E-state index in [0.717, 1.165) is 0 Å². The van der Waals surface area contributed by atoms with Crippen LogP contribution >= 0.6 is 0 Å². The number of hydrogen-bond acceptors (Lipinski definition) is 4. The summed E-state index contributed by atoms with van der Waals surface area (Å²) in [5.41, 5.74) is 6.48. The van der Waals surface area contributed by atoms with E-state index in [2.05, 4.69) is 5.32 Å². The molecule has 0 spiro atoms. The second-order valence-electron chi connectivity index (χ2n) is 5.83. The number of anilines is 1. The van der Waals surface area contributed by atoms with Gasteiger partial charge < -0.3 is 20.9 Å². The topological polar surface area (TPSA) is 84.6 Å². The van der Waals surface area contributed by atoms with Gasteiger partial charge in [0, 0.05) is 12.6 Å². The number of nitrogens with one attached hydrogen (secondary N) is 1. The summed E-state index contributed by atoms with van der Waals surface area (Å²) in [5, 5.41) is 12.1. The SMILES string of the molecule is COc1c(N)cccc1C(=O)NC(CCO)C(C)(C)C. The van der Waals surface area contributed by atoms with Crippen molar-refractivity contribution < 1.29 is 14.6 Å². The van der Waals surface area contributed by atoms with E-state index < -0.39 is 0 Å². The Morgan fingerprint density at radius 2 is 2.10 bits per heavy atom. The highest BCUT2D eigenvalue weighted by Gasteiger charge is 2.27. The molecule has 0 fully saturated rings. The van der Waals surface area contributed by atoms with Crippen LogP contribution < -0.4 is 15.8 Å². The number of amides is 1. The molecule has 0 aliphatic heterocycles. The van der Waals surface area contributed by atoms with E-state index in [1.165, 1.54) is 7.11 Å². The summed E-state index contributed by atoms with van der Waals surface area (Å²) in [4.78, 5) is 12.4. The molecule has 4 N–H and O–H groups in total. The maximum Gasteiger partial charge on any atom is 0.255 e. The Morgan fingerprint density at radius 1 is 1.45 bits per heavy atom. The molecule has 5 heteroatoms. The molecular weight excluding hydrogens is 256 g/mol. The number of nitrogens with two attached hydrogens (primary N) is 1. The van der Waals surface area contributed by atoms with Gasteiger partial charge in [-0.3, -0.25) is 4.79 Å². The summed E-state index contributed by atoms with van der Waals surface area (Å²) in [6, 6.07) is 4.93. The molecule has 1 amide bonds. The molecule has 0 saturated heterocycles. The number of ether oxygens (including phenoxy) is 1. The summed E-state index contributed by atoms with van der Waals surface area (Å²) in [6.07, 6.45) is 0.500. The Bertz CT molecular complexity index is 467. The predicted octanol–water partition coefficient (Wildman–Crippen LogP) is 1.80. The highest BCUT2D eigenvalue weighted by molar-refractivity contribution is 5.98. The van der Waals surface area contributed by atoms with Crippen LogP contribution in [0, 0.1) is 5.41 Å². The van der Waals surface area contributed by atoms with Gasteiger partial charge in [-0.1, -0.05) is 26.8 Å². The number of rotatable bonds is 5. The average Bonchev–Trinajstić information content (AvgIpc) is 2.36. The van der Waals surface area contributed by atoms with Gasteiger partial charge in [-0.15, -0.1) is 0 Å². The molecule has 0 heterocycles. The summed E-state index contributed by atoms with van der Waals surface area (Å²) >= 11 is 0. The number of hydrogen-bond donors (Lipinski definition) is 3. The third kappa shape index (κ3) is 3.87. The molecular formula is C15H24N2O3. The van der Waals surface area contributed by atoms with Gasteiger partial charge in [-0.2, -0.15) is 0 Å². The molecule has 1 unspecified atom stereocenters. The fourth-order valence-corrected chi connectivity index (χ4v) is 2.05. The van der Waals surface area contributed by atoms with Crippen molar-refractivity contribution in [3.8, 4) is 5.75 Å². The van der Waals surface area contributed by atoms with Gasteiger partial charge in [0.2, 0.25) is 0 Å². The van der Waals surface area contributed by atoms with Gasteiger partial charge in [-0.25, -0.2) is 0 Å². The Balaban J connectivity index is 2.98. The van der Waals surface area contributed by atoms with Gasteiger partial charge >= 0.3 is 0 Å². The lowest BCUT2D eigenvalue weighted by atomic mass is 9.84. The monoisotopic (exact) mass is 280 g/mol. The van der Waals surface area contributed by atoms with E-state index in [9.17, 15) is 4.79 Å². The number of nitrogen functional groups attached to an aromatic ring is 1. The van der Waals surface area contributed by atoms with Gasteiger partial charge in [0.1, 0.15) is 0 Å². The molecule has 112 valence electrons. The second kappa shape index (κ2) is 6.61. The fourth-order valence-electron chi connectivity index (χ4n) is 2.05. The smallest absolute Gasteiger partial charge is 0.255 e. The molecule has 5 nitrogen and oxygen atoms in total. The lowest BCUT2D eigenvalue weighted by molar-refractivity contribution is 0.0882. The number of aliphatic hydroxyl groups is 1. The van der Waals surface area contributed by atoms with E-state index in [4.69, 9.17) is 15.6 Å². The minimum absolute atomic E-state index is 0.0241. The first-order valence-corrected chi connectivity index (χ1v) is 6.65. The van der Waals surface area contributed by atoms with Crippen LogP contribution in [0.5, 0.6) is 5.75 Å². The minimum Gasteiger partial charge on any atom is -0.494 e. The molecule has 0 aliphatic rings. The molecule has 0 radical (unpaired) electrons. The van der Waals surface area contributed by atoms with Crippen molar-refractivity contribution in [1.29, 1.82) is 0 Å². The normalized spacial score (nSPS) is 12.8. The third-order valence-corrected chi connectivity index (χ3v) is 3.26. The Hall–Kier alpha value is -1.75. The molecule has 20 heavy (non-hydrogen) atoms. The summed E-state index contributed by atoms with van der Waals surface area (Å²) in [6.45, 7) is 6.08. The highest BCUT2D eigenvalue weighted by Crippen LogP contribution is 2.27. The van der Waals surface area contributed by atoms with Crippen LogP contribution in [-0.4, -0.2) is 30.8 Å². The van der Waals surface area contributed by atoms with Crippen molar-refractivity contribution in [2.75, 3.05) is 19.5 Å². The summed E-state index contributed by atoms with van der Waals surface area (Å²) in [5.74, 6) is 0.129. The average molecular weight is 280 g/mol. The van der Waals surface area contributed by atoms with Crippen molar-refractivity contribution >= 4 is 11.6 Å². The van der Waals surface area contributed by atoms with Crippen LogP contribution in [0.25, 0.3) is 0 Å². The molecule has 0 bridgehead atoms. The maximum absolute atomic E-state index is 12.4. The van der Waals surface area contributed by atoms with Crippen molar-refractivity contribution in [2.45, 2.75) is 33.2 Å². The zero-order valence-electron chi connectivity index (χ0n) is 12.6. The highest BCUT2D eigenvalue weighted by atomic mass is 16.5. The number of methoxy groups -OCH3 is 1. The Labute approximate surface area is 120 Å². The molecule has 1 atom stereocenters. The molecule has 0 saturated carbocycles. The van der Waals surface area contributed by atoms with Crippen LogP contribution in [0.3, 0.4) is 0 Å². The van der Waals surface area contributed by atoms with Gasteiger partial charge in [0.15, 0.2) is 5.75 Å². The number of carbonyl (C=O) groups excluding carboxylic acids is 1. The van der Waals surface area contributed by atoms with Crippen LogP contribution in [-0.2, 0) is 0 Å². The largest absolute Gasteiger partial charge is 0.494 e. The molecule has 1 aromatic rings. The van der Waals surface area contributed by atoms with Crippen molar-refractivity contribution in [3.63, 3.8) is 0 Å². The lowest BCUT2D eigenvalue weighted by Gasteiger charge is -2.31. The first-order valence-electron chi connectivity index (χ1n) is 6.65. The standard InChI is InChI=1S/C15H24N2O3/c1-15(2,3)12(8-9-18)17-14(19)10-6-5-7-11(16)13(10)20-4/h5-7,12,18H,8-9,16H2,1-4H3,(H,17,19). The van der Waals surface area contributed by atoms with E-state index in [0.29, 0.717) is 23.4 Å². The molecule has 1 rings (SSSR count). The van der Waals surface area contributed by atoms with E-state index >= 15 is 0 Å². The second-order valence-corrected chi connectivity index (χ2v) is 5.83. The summed E-state index contributed by atoms with van der Waals surface area (Å²) < 4.78 is 5.19. The van der Waals surface area contributed by atoms with Gasteiger partial charge in [0.25, 0.3) is 5.91 Å². The van der Waals surface area contributed by atoms with Crippen LogP contribution in [0.4, 0.5) is 5.69 Å². The number of carbonyl (C=O) groups is 1. The number of benzene rings is 1. The van der Waals surface area contributed by atoms with Gasteiger partial charge in [0.05, 0.1) is 18.4 Å². The van der Waals surface area contributed by atoms with Gasteiger partial charge in [-0.05, 0) is 24.0 Å². The zero-order chi connectivity index (χ0) is 15.3. The first kappa shape index (κ1) is 16.3. The Kier molecular flexibility index (Phi) is 5.39. The minimum atomic E-state index is -0.248. The van der Waals surface area contributed by atoms with Crippen molar-refractivity contribution in [3.05, 3.63) is 23.8 Å². The lowest BCUT2D eigenvalue weighted by Crippen LogP contribution is -2.44.